The number of carbonyl (C=O) groups is 4. The fourth-order valence-corrected chi connectivity index (χ4v) is 4.78. The van der Waals surface area contributed by atoms with Gasteiger partial charge in [-0.2, -0.15) is 5.10 Å². The summed E-state index contributed by atoms with van der Waals surface area (Å²) < 4.78 is 4.25. The minimum Gasteiger partial charge on any atom is -0.476 e. The molecule has 3 amide bonds. The van der Waals surface area contributed by atoms with Gasteiger partial charge >= 0.3 is 12.1 Å². The molecular formula is C21H20BrCl4N5O6. The highest BCUT2D eigenvalue weighted by Crippen LogP contribution is 2.36. The number of amides is 3. The molecule has 0 radical (unpaired) electrons. The first kappa shape index (κ1) is 29.3. The number of piperidine rings is 1. The number of halogens is 5. The number of carboxylic acid groups (broad SMARTS) is 1. The molecule has 11 nitrogen and oxygen atoms in total. The van der Waals surface area contributed by atoms with E-state index in [-0.39, 0.29) is 46.8 Å². The SMILES string of the molecule is NC(=O)C(C1CCN(C(=O)OCC(Cl)(Cl)Cl)CC1)n1nc(C(=O)O)c(Br)c1NC(=O)c1ccccc1Cl. The molecule has 2 heterocycles. The minimum absolute atomic E-state index is 0.0561. The van der Waals surface area contributed by atoms with E-state index in [1.165, 1.54) is 17.0 Å². The van der Waals surface area contributed by atoms with Crippen molar-refractivity contribution < 1.29 is 29.0 Å². The lowest BCUT2D eigenvalue weighted by atomic mass is 9.89. The number of nitrogens with two attached hydrogens (primary N) is 1. The van der Waals surface area contributed by atoms with Crippen molar-refractivity contribution in [3.05, 3.63) is 45.0 Å². The van der Waals surface area contributed by atoms with Crippen LogP contribution < -0.4 is 11.1 Å². The predicted octanol–water partition coefficient (Wildman–Crippen LogP) is 4.49. The summed E-state index contributed by atoms with van der Waals surface area (Å²) in [6.07, 6.45) is -0.120. The fraction of sp³-hybridized carbons (Fsp3) is 0.381. The molecular weight excluding hydrogens is 640 g/mol. The van der Waals surface area contributed by atoms with Crippen LogP contribution in [0, 0.1) is 5.92 Å². The molecule has 3 rings (SSSR count). The van der Waals surface area contributed by atoms with E-state index in [0.29, 0.717) is 0 Å². The third kappa shape index (κ3) is 7.20. The summed E-state index contributed by atoms with van der Waals surface area (Å²) in [5, 5.41) is 16.4. The molecule has 37 heavy (non-hydrogen) atoms. The largest absolute Gasteiger partial charge is 0.476 e. The van der Waals surface area contributed by atoms with E-state index in [9.17, 15) is 24.3 Å². The van der Waals surface area contributed by atoms with Crippen molar-refractivity contribution in [3.8, 4) is 0 Å². The summed E-state index contributed by atoms with van der Waals surface area (Å²) in [5.74, 6) is -3.40. The van der Waals surface area contributed by atoms with Crippen LogP contribution in [0.3, 0.4) is 0 Å². The standard InChI is InChI=1S/C21H20BrCl4N5O6/c22-13-14(19(34)35)29-31(17(13)28-18(33)11-3-1-2-4-12(11)23)15(16(27)32)10-5-7-30(8-6-10)20(36)37-9-21(24,25)26/h1-4,10,15H,5-9H2,(H2,27,32)(H,28,33)(H,34,35). The van der Waals surface area contributed by atoms with Crippen molar-refractivity contribution in [2.24, 2.45) is 11.7 Å². The summed E-state index contributed by atoms with van der Waals surface area (Å²) in [6.45, 7) is -0.0700. The topological polar surface area (TPSA) is 157 Å². The molecule has 2 aromatic rings. The van der Waals surface area contributed by atoms with Gasteiger partial charge in [0.05, 0.1) is 15.1 Å². The Morgan fingerprint density at radius 1 is 1.22 bits per heavy atom. The molecule has 16 heteroatoms. The number of aromatic nitrogens is 2. The van der Waals surface area contributed by atoms with Crippen LogP contribution in [0.1, 0.15) is 39.7 Å². The van der Waals surface area contributed by atoms with Crippen molar-refractivity contribution in [1.29, 1.82) is 0 Å². The molecule has 1 unspecified atom stereocenters. The van der Waals surface area contributed by atoms with Crippen LogP contribution >= 0.6 is 62.3 Å². The van der Waals surface area contributed by atoms with Crippen molar-refractivity contribution in [3.63, 3.8) is 0 Å². The van der Waals surface area contributed by atoms with Gasteiger partial charge in [0.15, 0.2) is 5.69 Å². The number of alkyl halides is 3. The summed E-state index contributed by atoms with van der Waals surface area (Å²) in [4.78, 5) is 51.0. The number of hydrogen-bond acceptors (Lipinski definition) is 6. The first-order valence-electron chi connectivity index (χ1n) is 10.6. The lowest BCUT2D eigenvalue weighted by Crippen LogP contribution is -2.44. The van der Waals surface area contributed by atoms with Crippen molar-refractivity contribution in [1.82, 2.24) is 14.7 Å². The molecule has 1 atom stereocenters. The van der Waals surface area contributed by atoms with Crippen LogP contribution in [0.4, 0.5) is 10.6 Å². The summed E-state index contributed by atoms with van der Waals surface area (Å²) in [7, 11) is 0. The minimum atomic E-state index is -1.76. The number of hydrogen-bond donors (Lipinski definition) is 3. The first-order valence-corrected chi connectivity index (χ1v) is 13.0. The van der Waals surface area contributed by atoms with Gasteiger partial charge in [-0.3, -0.25) is 9.59 Å². The molecule has 4 N–H and O–H groups in total. The van der Waals surface area contributed by atoms with Crippen molar-refractivity contribution in [2.75, 3.05) is 25.0 Å². The molecule has 0 bridgehead atoms. The molecule has 1 aliphatic rings. The van der Waals surface area contributed by atoms with Crippen LogP contribution in [0.2, 0.25) is 5.02 Å². The Kier molecular flexibility index (Phi) is 9.57. The highest BCUT2D eigenvalue weighted by Gasteiger charge is 2.37. The Hall–Kier alpha value is -2.25. The monoisotopic (exact) mass is 657 g/mol. The van der Waals surface area contributed by atoms with Crippen LogP contribution in [-0.4, -0.2) is 67.2 Å². The maximum Gasteiger partial charge on any atom is 0.409 e. The number of primary amides is 1. The summed E-state index contributed by atoms with van der Waals surface area (Å²) in [6, 6.07) is 5.10. The van der Waals surface area contributed by atoms with Crippen LogP contribution in [0.5, 0.6) is 0 Å². The van der Waals surface area contributed by atoms with Gasteiger partial charge < -0.3 is 25.8 Å². The van der Waals surface area contributed by atoms with Gasteiger partial charge in [-0.15, -0.1) is 0 Å². The predicted molar refractivity (Wildman–Crippen MR) is 140 cm³/mol. The average Bonchev–Trinajstić information content (AvgIpc) is 3.13. The molecule has 1 aromatic heterocycles. The quantitative estimate of drug-likeness (QED) is 0.370. The van der Waals surface area contributed by atoms with Gasteiger partial charge in [0, 0.05) is 13.1 Å². The fourth-order valence-electron chi connectivity index (χ4n) is 3.87. The summed E-state index contributed by atoms with van der Waals surface area (Å²) in [5.41, 5.74) is 5.40. The van der Waals surface area contributed by atoms with E-state index < -0.39 is 51.9 Å². The number of carbonyl (C=O) groups excluding carboxylic acids is 3. The second-order valence-corrected chi connectivity index (χ2v) is 11.8. The van der Waals surface area contributed by atoms with Crippen LogP contribution in [0.15, 0.2) is 28.7 Å². The Balaban J connectivity index is 1.86. The first-order chi connectivity index (χ1) is 17.3. The maximum absolute atomic E-state index is 12.9. The second-order valence-electron chi connectivity index (χ2n) is 8.04. The highest BCUT2D eigenvalue weighted by molar-refractivity contribution is 9.10. The highest BCUT2D eigenvalue weighted by atomic mass is 79.9. The number of benzene rings is 1. The van der Waals surface area contributed by atoms with E-state index in [1.807, 2.05) is 0 Å². The molecule has 1 saturated heterocycles. The number of aromatic carboxylic acids is 1. The second kappa shape index (κ2) is 12.1. The normalized spacial score (nSPS) is 15.2. The summed E-state index contributed by atoms with van der Waals surface area (Å²) >= 11 is 26.1. The number of carboxylic acids is 1. The number of anilines is 1. The van der Waals surface area contributed by atoms with Crippen molar-refractivity contribution >= 4 is 92.0 Å². The van der Waals surface area contributed by atoms with Gasteiger partial charge in [0.25, 0.3) is 5.91 Å². The number of likely N-dealkylation sites (tertiary alicyclic amines) is 1. The van der Waals surface area contributed by atoms with Gasteiger partial charge in [-0.05, 0) is 46.8 Å². The number of rotatable bonds is 7. The smallest absolute Gasteiger partial charge is 0.409 e. The third-order valence-corrected chi connectivity index (χ3v) is 6.97. The van der Waals surface area contributed by atoms with E-state index in [4.69, 9.17) is 56.9 Å². The Bertz CT molecular complexity index is 1210. The zero-order valence-corrected chi connectivity index (χ0v) is 23.4. The van der Waals surface area contributed by atoms with Crippen LogP contribution in [0.25, 0.3) is 0 Å². The number of nitrogens with zero attached hydrogens (tertiary/aromatic N) is 3. The lowest BCUT2D eigenvalue weighted by molar-refractivity contribution is -0.123. The maximum atomic E-state index is 12.9. The van der Waals surface area contributed by atoms with E-state index in [0.717, 1.165) is 4.68 Å². The Morgan fingerprint density at radius 3 is 2.38 bits per heavy atom. The Morgan fingerprint density at radius 2 is 1.84 bits per heavy atom. The average molecular weight is 660 g/mol. The number of nitrogens with one attached hydrogen (secondary N) is 1. The van der Waals surface area contributed by atoms with E-state index in [2.05, 4.69) is 26.3 Å². The molecule has 1 aliphatic heterocycles. The van der Waals surface area contributed by atoms with Gasteiger partial charge in [0.2, 0.25) is 9.70 Å². The molecule has 0 saturated carbocycles. The number of ether oxygens (including phenoxy) is 1. The third-order valence-electron chi connectivity index (χ3n) is 5.56. The van der Waals surface area contributed by atoms with Gasteiger partial charge in [-0.25, -0.2) is 14.3 Å². The van der Waals surface area contributed by atoms with Crippen LogP contribution in [-0.2, 0) is 9.53 Å². The lowest BCUT2D eigenvalue weighted by Gasteiger charge is -2.35. The molecule has 1 aromatic carbocycles. The zero-order chi connectivity index (χ0) is 27.5. The molecule has 0 aliphatic carbocycles. The molecule has 0 spiro atoms. The molecule has 200 valence electrons. The zero-order valence-electron chi connectivity index (χ0n) is 18.8. The van der Waals surface area contributed by atoms with Crippen molar-refractivity contribution in [2.45, 2.75) is 22.7 Å². The Labute approximate surface area is 239 Å². The molecule has 1 fully saturated rings. The van der Waals surface area contributed by atoms with E-state index in [1.54, 1.807) is 12.1 Å². The van der Waals surface area contributed by atoms with E-state index >= 15 is 0 Å². The van der Waals surface area contributed by atoms with Gasteiger partial charge in [-0.1, -0.05) is 58.5 Å². The van der Waals surface area contributed by atoms with Gasteiger partial charge in [0.1, 0.15) is 18.5 Å².